The highest BCUT2D eigenvalue weighted by Crippen LogP contribution is 2.16. The number of hydrogen-bond acceptors (Lipinski definition) is 10. The summed E-state index contributed by atoms with van der Waals surface area (Å²) in [4.78, 5) is 0. The molecule has 0 saturated carbocycles. The third kappa shape index (κ3) is 16.1. The molecule has 10 nitrogen and oxygen atoms in total. The van der Waals surface area contributed by atoms with Crippen molar-refractivity contribution in [2.24, 2.45) is 0 Å². The van der Waals surface area contributed by atoms with Gasteiger partial charge in [-0.25, -0.2) is 0 Å². The molecule has 10 heteroatoms. The van der Waals surface area contributed by atoms with E-state index in [0.29, 0.717) is 106 Å². The van der Waals surface area contributed by atoms with E-state index < -0.39 is 5.60 Å². The van der Waals surface area contributed by atoms with Crippen molar-refractivity contribution in [3.8, 4) is 0 Å². The van der Waals surface area contributed by atoms with Gasteiger partial charge in [0.05, 0.1) is 99.1 Å². The lowest BCUT2D eigenvalue weighted by Gasteiger charge is -2.33. The molecular formula is C25H48O10. The monoisotopic (exact) mass is 508 g/mol. The third-order valence-corrected chi connectivity index (χ3v) is 5.53. The molecule has 2 fully saturated rings. The maximum atomic E-state index is 6.28. The molecule has 0 N–H and O–H groups in total. The predicted octanol–water partition coefficient (Wildman–Crippen LogP) is 2.21. The summed E-state index contributed by atoms with van der Waals surface area (Å²) < 4.78 is 57.6. The molecule has 208 valence electrons. The molecule has 2 aliphatic heterocycles. The van der Waals surface area contributed by atoms with Crippen molar-refractivity contribution in [1.29, 1.82) is 0 Å². The van der Waals surface area contributed by atoms with Crippen molar-refractivity contribution in [3.63, 3.8) is 0 Å². The van der Waals surface area contributed by atoms with E-state index in [9.17, 15) is 0 Å². The van der Waals surface area contributed by atoms with Crippen LogP contribution in [-0.2, 0) is 47.4 Å². The summed E-state index contributed by atoms with van der Waals surface area (Å²) in [7, 11) is 0. The zero-order valence-corrected chi connectivity index (χ0v) is 21.7. The molecule has 0 aliphatic carbocycles. The first-order chi connectivity index (χ1) is 17.3. The van der Waals surface area contributed by atoms with E-state index in [0.717, 1.165) is 38.7 Å². The Morgan fingerprint density at radius 2 is 1.29 bits per heavy atom. The Bertz CT molecular complexity index is 446. The molecule has 0 amide bonds. The van der Waals surface area contributed by atoms with Gasteiger partial charge in [0.15, 0.2) is 6.29 Å². The van der Waals surface area contributed by atoms with Gasteiger partial charge in [0.25, 0.3) is 0 Å². The summed E-state index contributed by atoms with van der Waals surface area (Å²) in [6.07, 6.45) is 5.18. The summed E-state index contributed by atoms with van der Waals surface area (Å²) in [5, 5.41) is 0. The van der Waals surface area contributed by atoms with E-state index in [2.05, 4.69) is 6.92 Å². The predicted molar refractivity (Wildman–Crippen MR) is 129 cm³/mol. The highest BCUT2D eigenvalue weighted by molar-refractivity contribution is 4.81. The van der Waals surface area contributed by atoms with Crippen LogP contribution in [0.5, 0.6) is 0 Å². The molecule has 2 heterocycles. The Kier molecular flexibility index (Phi) is 19.1. The van der Waals surface area contributed by atoms with Gasteiger partial charge >= 0.3 is 0 Å². The van der Waals surface area contributed by atoms with Crippen molar-refractivity contribution in [1.82, 2.24) is 0 Å². The molecule has 1 atom stereocenters. The van der Waals surface area contributed by atoms with Gasteiger partial charge in [0.2, 0.25) is 0 Å². The van der Waals surface area contributed by atoms with Gasteiger partial charge in [-0.2, -0.15) is 0 Å². The van der Waals surface area contributed by atoms with Crippen molar-refractivity contribution in [2.75, 3.05) is 112 Å². The van der Waals surface area contributed by atoms with Crippen molar-refractivity contribution in [2.45, 2.75) is 50.9 Å². The summed E-state index contributed by atoms with van der Waals surface area (Å²) in [5.74, 6) is 0. The highest BCUT2D eigenvalue weighted by Gasteiger charge is 2.33. The van der Waals surface area contributed by atoms with E-state index in [-0.39, 0.29) is 6.29 Å². The van der Waals surface area contributed by atoms with E-state index >= 15 is 0 Å². The van der Waals surface area contributed by atoms with Crippen molar-refractivity contribution < 1.29 is 47.4 Å². The smallest absolute Gasteiger partial charge is 0.157 e. The van der Waals surface area contributed by atoms with Crippen LogP contribution in [0, 0.1) is 0 Å². The van der Waals surface area contributed by atoms with Gasteiger partial charge in [-0.15, -0.1) is 0 Å². The van der Waals surface area contributed by atoms with E-state index in [1.165, 1.54) is 0 Å². The molecule has 0 aromatic rings. The number of unbranched alkanes of at least 4 members (excludes halogenated alkanes) is 1. The molecule has 0 aromatic heterocycles. The summed E-state index contributed by atoms with van der Waals surface area (Å²) in [6, 6.07) is 0. The molecule has 35 heavy (non-hydrogen) atoms. The fourth-order valence-electron chi connectivity index (χ4n) is 3.55. The third-order valence-electron chi connectivity index (χ3n) is 5.53. The first kappa shape index (κ1) is 30.8. The average molecular weight is 509 g/mol. The van der Waals surface area contributed by atoms with Crippen LogP contribution in [0.15, 0.2) is 0 Å². The fourth-order valence-corrected chi connectivity index (χ4v) is 3.55. The highest BCUT2D eigenvalue weighted by atomic mass is 16.7. The van der Waals surface area contributed by atoms with Gasteiger partial charge < -0.3 is 47.4 Å². The Hall–Kier alpha value is -0.400. The first-order valence-electron chi connectivity index (χ1n) is 13.3. The summed E-state index contributed by atoms with van der Waals surface area (Å²) in [5.41, 5.74) is -0.732. The van der Waals surface area contributed by atoms with Crippen molar-refractivity contribution >= 4 is 0 Å². The topological polar surface area (TPSA) is 92.3 Å². The SMILES string of the molecule is CCCCOCC1(OCCOCCOC2CCCCO2)COCCOCCOCCOCCOC1. The molecule has 1 unspecified atom stereocenters. The Balaban J connectivity index is 1.76. The number of hydrogen-bond donors (Lipinski definition) is 0. The maximum absolute atomic E-state index is 6.28. The van der Waals surface area contributed by atoms with E-state index in [1.54, 1.807) is 0 Å². The quantitative estimate of drug-likeness (QED) is 0.345. The summed E-state index contributed by atoms with van der Waals surface area (Å²) in [6.45, 7) is 10.5. The minimum atomic E-state index is -0.732. The maximum Gasteiger partial charge on any atom is 0.157 e. The van der Waals surface area contributed by atoms with Crippen molar-refractivity contribution in [3.05, 3.63) is 0 Å². The Labute approximate surface area is 211 Å². The van der Waals surface area contributed by atoms with Crippen LogP contribution in [0.3, 0.4) is 0 Å². The molecule has 0 aromatic carbocycles. The normalized spacial score (nSPS) is 23.7. The lowest BCUT2D eigenvalue weighted by Crippen LogP contribution is -2.48. The van der Waals surface area contributed by atoms with Crippen LogP contribution in [0.1, 0.15) is 39.0 Å². The lowest BCUT2D eigenvalue weighted by molar-refractivity contribution is -0.183. The van der Waals surface area contributed by atoms with Crippen LogP contribution < -0.4 is 0 Å². The van der Waals surface area contributed by atoms with Crippen LogP contribution >= 0.6 is 0 Å². The lowest BCUT2D eigenvalue weighted by atomic mass is 10.1. The Morgan fingerprint density at radius 1 is 0.657 bits per heavy atom. The molecule has 2 aliphatic rings. The van der Waals surface area contributed by atoms with Crippen LogP contribution in [0.4, 0.5) is 0 Å². The van der Waals surface area contributed by atoms with Gasteiger partial charge in [-0.1, -0.05) is 13.3 Å². The van der Waals surface area contributed by atoms with Gasteiger partial charge in [-0.3, -0.25) is 0 Å². The molecular weight excluding hydrogens is 460 g/mol. The van der Waals surface area contributed by atoms with Gasteiger partial charge in [-0.05, 0) is 25.7 Å². The number of rotatable bonds is 13. The van der Waals surface area contributed by atoms with Crippen LogP contribution in [-0.4, -0.2) is 124 Å². The first-order valence-corrected chi connectivity index (χ1v) is 13.3. The number of ether oxygens (including phenoxy) is 10. The fraction of sp³-hybridized carbons (Fsp3) is 1.00. The minimum absolute atomic E-state index is 0.0969. The van der Waals surface area contributed by atoms with E-state index in [4.69, 9.17) is 47.4 Å². The van der Waals surface area contributed by atoms with Gasteiger partial charge in [0, 0.05) is 13.2 Å². The minimum Gasteiger partial charge on any atom is -0.378 e. The zero-order chi connectivity index (χ0) is 24.7. The zero-order valence-electron chi connectivity index (χ0n) is 21.7. The molecule has 0 spiro atoms. The second-order valence-corrected chi connectivity index (χ2v) is 8.66. The molecule has 0 radical (unpaired) electrons. The molecule has 2 saturated heterocycles. The second kappa shape index (κ2) is 21.7. The second-order valence-electron chi connectivity index (χ2n) is 8.66. The Morgan fingerprint density at radius 3 is 1.89 bits per heavy atom. The van der Waals surface area contributed by atoms with Crippen LogP contribution in [0.25, 0.3) is 0 Å². The average Bonchev–Trinajstić information content (AvgIpc) is 2.88. The molecule has 2 rings (SSSR count). The largest absolute Gasteiger partial charge is 0.378 e. The van der Waals surface area contributed by atoms with Crippen LogP contribution in [0.2, 0.25) is 0 Å². The standard InChI is InChI=1S/C25H48O10/c1-2-3-7-30-21-25(35-20-18-29-17-19-34-24-6-4-5-8-33-24)22-31-15-13-27-11-9-26-10-12-28-14-16-32-23-25/h24H,2-23H2,1H3. The van der Waals surface area contributed by atoms with Gasteiger partial charge in [0.1, 0.15) is 5.60 Å². The summed E-state index contributed by atoms with van der Waals surface area (Å²) >= 11 is 0. The van der Waals surface area contributed by atoms with E-state index in [1.807, 2.05) is 0 Å². The molecule has 0 bridgehead atoms.